The first-order valence-corrected chi connectivity index (χ1v) is 5.49. The molecule has 0 unspecified atom stereocenters. The molecule has 1 aromatic carbocycles. The Balaban J connectivity index is 2.64. The van der Waals surface area contributed by atoms with Crippen LogP contribution in [0.4, 0.5) is 4.39 Å². The summed E-state index contributed by atoms with van der Waals surface area (Å²) in [5.74, 6) is 0.234. The van der Waals surface area contributed by atoms with Crippen LogP contribution in [0.15, 0.2) is 24.4 Å². The van der Waals surface area contributed by atoms with Gasteiger partial charge >= 0.3 is 0 Å². The monoisotopic (exact) mass is 266 g/mol. The number of halogens is 2. The van der Waals surface area contributed by atoms with Crippen LogP contribution in [0.25, 0.3) is 11.1 Å². The predicted molar refractivity (Wildman–Crippen MR) is 66.6 cm³/mol. The molecule has 0 N–H and O–H groups in total. The SMILES string of the molecule is COc1cc(-c2[c]ccc(Cl)c2F)c(OC)cn1. The van der Waals surface area contributed by atoms with E-state index in [9.17, 15) is 4.39 Å². The van der Waals surface area contributed by atoms with Gasteiger partial charge in [-0.05, 0) is 12.1 Å². The highest BCUT2D eigenvalue weighted by Crippen LogP contribution is 2.35. The first kappa shape index (κ1) is 12.6. The van der Waals surface area contributed by atoms with Crippen molar-refractivity contribution in [1.82, 2.24) is 4.98 Å². The topological polar surface area (TPSA) is 31.4 Å². The van der Waals surface area contributed by atoms with E-state index < -0.39 is 5.82 Å². The fraction of sp³-hybridized carbons (Fsp3) is 0.154. The maximum Gasteiger partial charge on any atom is 0.213 e. The lowest BCUT2D eigenvalue weighted by Crippen LogP contribution is -1.95. The molecule has 0 saturated heterocycles. The molecule has 0 spiro atoms. The Labute approximate surface area is 109 Å². The van der Waals surface area contributed by atoms with Crippen molar-refractivity contribution in [2.24, 2.45) is 0 Å². The Morgan fingerprint density at radius 1 is 1.33 bits per heavy atom. The first-order chi connectivity index (χ1) is 8.67. The molecule has 18 heavy (non-hydrogen) atoms. The molecule has 0 fully saturated rings. The molecule has 0 aliphatic rings. The Morgan fingerprint density at radius 2 is 2.11 bits per heavy atom. The molecular formula is C13H10ClFNO2. The standard InChI is InChI=1S/C13H10ClFNO2/c1-17-11-7-16-12(18-2)6-9(11)8-4-3-5-10(14)13(8)15/h3,5-7H,1-2H3. The van der Waals surface area contributed by atoms with E-state index in [4.69, 9.17) is 21.1 Å². The first-order valence-electron chi connectivity index (χ1n) is 5.11. The Kier molecular flexibility index (Phi) is 3.67. The zero-order valence-electron chi connectivity index (χ0n) is 9.83. The summed E-state index contributed by atoms with van der Waals surface area (Å²) in [5.41, 5.74) is 0.712. The van der Waals surface area contributed by atoms with E-state index in [1.165, 1.54) is 26.5 Å². The fourth-order valence-corrected chi connectivity index (χ4v) is 1.70. The summed E-state index contributed by atoms with van der Waals surface area (Å²) in [6.07, 6.45) is 1.46. The van der Waals surface area contributed by atoms with Gasteiger partial charge in [-0.1, -0.05) is 17.7 Å². The highest BCUT2D eigenvalue weighted by molar-refractivity contribution is 6.31. The number of methoxy groups -OCH3 is 2. The Morgan fingerprint density at radius 3 is 2.78 bits per heavy atom. The average molecular weight is 267 g/mol. The van der Waals surface area contributed by atoms with E-state index in [-0.39, 0.29) is 10.6 Å². The third-order valence-electron chi connectivity index (χ3n) is 2.43. The summed E-state index contributed by atoms with van der Waals surface area (Å²) in [7, 11) is 2.96. The van der Waals surface area contributed by atoms with Gasteiger partial charge in [0.25, 0.3) is 0 Å². The average Bonchev–Trinajstić information content (AvgIpc) is 2.41. The minimum absolute atomic E-state index is 0.0292. The molecule has 0 atom stereocenters. The van der Waals surface area contributed by atoms with Crippen molar-refractivity contribution in [3.05, 3.63) is 41.3 Å². The van der Waals surface area contributed by atoms with Crippen LogP contribution in [0.1, 0.15) is 0 Å². The van der Waals surface area contributed by atoms with Crippen LogP contribution in [-0.2, 0) is 0 Å². The maximum absolute atomic E-state index is 14.0. The van der Waals surface area contributed by atoms with E-state index in [1.54, 1.807) is 12.1 Å². The smallest absolute Gasteiger partial charge is 0.213 e. The van der Waals surface area contributed by atoms with Crippen molar-refractivity contribution in [2.75, 3.05) is 14.2 Å². The molecule has 5 heteroatoms. The molecule has 0 bridgehead atoms. The lowest BCUT2D eigenvalue weighted by molar-refractivity contribution is 0.388. The molecular weight excluding hydrogens is 257 g/mol. The lowest BCUT2D eigenvalue weighted by atomic mass is 10.1. The molecule has 2 aromatic rings. The largest absolute Gasteiger partial charge is 0.494 e. The number of ether oxygens (including phenoxy) is 2. The van der Waals surface area contributed by atoms with Gasteiger partial charge in [0.1, 0.15) is 11.6 Å². The highest BCUT2D eigenvalue weighted by atomic mass is 35.5. The number of nitrogens with zero attached hydrogens (tertiary/aromatic N) is 1. The molecule has 1 aromatic heterocycles. The fourth-order valence-electron chi connectivity index (χ4n) is 1.54. The summed E-state index contributed by atoms with van der Waals surface area (Å²) in [5, 5.41) is 0.0292. The van der Waals surface area contributed by atoms with Gasteiger partial charge in [0, 0.05) is 17.2 Å². The zero-order valence-corrected chi connectivity index (χ0v) is 10.6. The van der Waals surface area contributed by atoms with Crippen LogP contribution in [-0.4, -0.2) is 19.2 Å². The molecule has 3 nitrogen and oxygen atoms in total. The van der Waals surface area contributed by atoms with Crippen LogP contribution < -0.4 is 9.47 Å². The summed E-state index contributed by atoms with van der Waals surface area (Å²) in [6, 6.07) is 7.36. The number of benzene rings is 1. The van der Waals surface area contributed by atoms with Crippen LogP contribution in [0, 0.1) is 11.9 Å². The van der Waals surface area contributed by atoms with E-state index in [0.717, 1.165) is 0 Å². The van der Waals surface area contributed by atoms with Crippen molar-refractivity contribution in [2.45, 2.75) is 0 Å². The van der Waals surface area contributed by atoms with E-state index >= 15 is 0 Å². The normalized spacial score (nSPS) is 10.2. The molecule has 1 radical (unpaired) electrons. The molecule has 1 heterocycles. The van der Waals surface area contributed by atoms with E-state index in [0.29, 0.717) is 17.2 Å². The number of aromatic nitrogens is 1. The van der Waals surface area contributed by atoms with Crippen LogP contribution in [0.3, 0.4) is 0 Å². The maximum atomic E-state index is 14.0. The zero-order chi connectivity index (χ0) is 13.1. The molecule has 2 rings (SSSR count). The van der Waals surface area contributed by atoms with Crippen molar-refractivity contribution in [1.29, 1.82) is 0 Å². The van der Waals surface area contributed by atoms with Crippen LogP contribution in [0.5, 0.6) is 11.6 Å². The van der Waals surface area contributed by atoms with E-state index in [2.05, 4.69) is 11.1 Å². The molecule has 0 amide bonds. The number of rotatable bonds is 3. The van der Waals surface area contributed by atoms with Gasteiger partial charge in [-0.15, -0.1) is 0 Å². The molecule has 93 valence electrons. The summed E-state index contributed by atoms with van der Waals surface area (Å²) >= 11 is 5.75. The van der Waals surface area contributed by atoms with Gasteiger partial charge in [-0.25, -0.2) is 9.37 Å². The van der Waals surface area contributed by atoms with Crippen molar-refractivity contribution >= 4 is 11.6 Å². The number of hydrogen-bond donors (Lipinski definition) is 0. The van der Waals surface area contributed by atoms with Crippen molar-refractivity contribution in [3.8, 4) is 22.8 Å². The summed E-state index contributed by atoms with van der Waals surface area (Å²) < 4.78 is 24.1. The van der Waals surface area contributed by atoms with Gasteiger partial charge < -0.3 is 9.47 Å². The van der Waals surface area contributed by atoms with Crippen molar-refractivity contribution in [3.63, 3.8) is 0 Å². The van der Waals surface area contributed by atoms with Gasteiger partial charge in [0.2, 0.25) is 5.88 Å². The third-order valence-corrected chi connectivity index (χ3v) is 2.72. The van der Waals surface area contributed by atoms with Gasteiger partial charge in [-0.2, -0.15) is 0 Å². The minimum Gasteiger partial charge on any atom is -0.494 e. The second kappa shape index (κ2) is 5.23. The summed E-state index contributed by atoms with van der Waals surface area (Å²) in [4.78, 5) is 3.99. The van der Waals surface area contributed by atoms with E-state index in [1.807, 2.05) is 0 Å². The van der Waals surface area contributed by atoms with Gasteiger partial charge in [-0.3, -0.25) is 0 Å². The lowest BCUT2D eigenvalue weighted by Gasteiger charge is -2.10. The van der Waals surface area contributed by atoms with Gasteiger partial charge in [0.15, 0.2) is 0 Å². The second-order valence-electron chi connectivity index (χ2n) is 3.44. The molecule has 0 aliphatic carbocycles. The minimum atomic E-state index is -0.550. The molecule has 0 saturated carbocycles. The Bertz CT molecular complexity index is 575. The molecule has 0 aliphatic heterocycles. The third kappa shape index (κ3) is 2.24. The van der Waals surface area contributed by atoms with Crippen LogP contribution >= 0.6 is 11.6 Å². The summed E-state index contributed by atoms with van der Waals surface area (Å²) in [6.45, 7) is 0. The Hall–Kier alpha value is -1.81. The number of hydrogen-bond acceptors (Lipinski definition) is 3. The highest BCUT2D eigenvalue weighted by Gasteiger charge is 2.14. The van der Waals surface area contributed by atoms with Gasteiger partial charge in [0.05, 0.1) is 25.4 Å². The van der Waals surface area contributed by atoms with Crippen molar-refractivity contribution < 1.29 is 13.9 Å². The quantitative estimate of drug-likeness (QED) is 0.854. The predicted octanol–water partition coefficient (Wildman–Crippen LogP) is 3.36. The second-order valence-corrected chi connectivity index (χ2v) is 3.85. The van der Waals surface area contributed by atoms with Crippen LogP contribution in [0.2, 0.25) is 5.02 Å². The number of pyridine rings is 1.